The van der Waals surface area contributed by atoms with Gasteiger partial charge in [0, 0.05) is 5.92 Å². The van der Waals surface area contributed by atoms with Crippen molar-refractivity contribution in [3.8, 4) is 0 Å². The van der Waals surface area contributed by atoms with E-state index in [1.165, 1.54) is 31.5 Å². The maximum Gasteiger partial charge on any atom is 0.00444 e. The number of likely N-dealkylation sites (tertiary alicyclic amines) is 1. The smallest absolute Gasteiger partial charge is 0.00444 e. The Kier molecular flexibility index (Phi) is 2.05. The average molecular weight is 163 g/mol. The van der Waals surface area contributed by atoms with Crippen molar-refractivity contribution in [2.24, 2.45) is 11.8 Å². The quantitative estimate of drug-likeness (QED) is 0.572. The van der Waals surface area contributed by atoms with Crippen molar-refractivity contribution in [1.29, 1.82) is 0 Å². The van der Waals surface area contributed by atoms with Crippen LogP contribution in [0.5, 0.6) is 0 Å². The molecule has 66 valence electrons. The molecule has 1 heteroatoms. The van der Waals surface area contributed by atoms with E-state index in [0.29, 0.717) is 0 Å². The van der Waals surface area contributed by atoms with Gasteiger partial charge in [-0.3, -0.25) is 0 Å². The van der Waals surface area contributed by atoms with E-state index in [4.69, 9.17) is 0 Å². The molecule has 1 nitrogen and oxygen atoms in total. The highest BCUT2D eigenvalue weighted by molar-refractivity contribution is 5.33. The van der Waals surface area contributed by atoms with Gasteiger partial charge in [-0.25, -0.2) is 0 Å². The van der Waals surface area contributed by atoms with E-state index in [9.17, 15) is 0 Å². The zero-order chi connectivity index (χ0) is 8.55. The number of piperidine rings is 1. The third-order valence-electron chi connectivity index (χ3n) is 3.22. The van der Waals surface area contributed by atoms with Crippen LogP contribution in [0.25, 0.3) is 0 Å². The Bertz CT molecular complexity index is 209. The lowest BCUT2D eigenvalue weighted by atomic mass is 9.75. The molecule has 1 atom stereocenters. The lowest BCUT2D eigenvalue weighted by Crippen LogP contribution is -2.34. The van der Waals surface area contributed by atoms with Crippen molar-refractivity contribution in [3.63, 3.8) is 0 Å². The van der Waals surface area contributed by atoms with E-state index in [1.807, 2.05) is 0 Å². The van der Waals surface area contributed by atoms with Gasteiger partial charge in [0.15, 0.2) is 0 Å². The van der Waals surface area contributed by atoms with Gasteiger partial charge >= 0.3 is 0 Å². The van der Waals surface area contributed by atoms with Crippen molar-refractivity contribution >= 4 is 0 Å². The average Bonchev–Trinajstić information content (AvgIpc) is 2.06. The van der Waals surface area contributed by atoms with Gasteiger partial charge in [-0.05, 0) is 44.5 Å². The summed E-state index contributed by atoms with van der Waals surface area (Å²) < 4.78 is 0. The van der Waals surface area contributed by atoms with Gasteiger partial charge in [-0.1, -0.05) is 18.7 Å². The SMILES string of the molecule is C=C1C=CC1C1CCN(C)CC1. The van der Waals surface area contributed by atoms with Crippen LogP contribution < -0.4 is 0 Å². The number of nitrogens with zero attached hydrogens (tertiary/aromatic N) is 1. The normalized spacial score (nSPS) is 32.1. The van der Waals surface area contributed by atoms with Crippen LogP contribution in [0.4, 0.5) is 0 Å². The first-order chi connectivity index (χ1) is 5.77. The first-order valence-corrected chi connectivity index (χ1v) is 4.83. The molecule has 1 saturated heterocycles. The lowest BCUT2D eigenvalue weighted by Gasteiger charge is -2.36. The Morgan fingerprint density at radius 1 is 1.42 bits per heavy atom. The Labute approximate surface area is 74.8 Å². The summed E-state index contributed by atoms with van der Waals surface area (Å²) in [5, 5.41) is 0. The Morgan fingerprint density at radius 2 is 2.08 bits per heavy atom. The number of hydrogen-bond donors (Lipinski definition) is 0. The second kappa shape index (κ2) is 3.06. The van der Waals surface area contributed by atoms with Crippen LogP contribution in [-0.2, 0) is 0 Å². The summed E-state index contributed by atoms with van der Waals surface area (Å²) in [6.45, 7) is 6.57. The molecule has 1 heterocycles. The molecular weight excluding hydrogens is 146 g/mol. The fourth-order valence-corrected chi connectivity index (χ4v) is 2.19. The Balaban J connectivity index is 1.90. The summed E-state index contributed by atoms with van der Waals surface area (Å²) in [7, 11) is 2.21. The minimum Gasteiger partial charge on any atom is -0.306 e. The standard InChI is InChI=1S/C11H17N/c1-9-3-4-11(9)10-5-7-12(2)8-6-10/h3-4,10-11H,1,5-8H2,2H3. The molecule has 0 N–H and O–H groups in total. The number of allylic oxidation sites excluding steroid dienone is 3. The molecule has 0 amide bonds. The Hall–Kier alpha value is -0.560. The molecule has 0 bridgehead atoms. The molecule has 1 aliphatic carbocycles. The molecule has 1 fully saturated rings. The van der Waals surface area contributed by atoms with Crippen LogP contribution in [0.2, 0.25) is 0 Å². The van der Waals surface area contributed by atoms with Gasteiger partial charge in [0.1, 0.15) is 0 Å². The van der Waals surface area contributed by atoms with Crippen molar-refractivity contribution < 1.29 is 0 Å². The monoisotopic (exact) mass is 163 g/mol. The lowest BCUT2D eigenvalue weighted by molar-refractivity contribution is 0.197. The third-order valence-corrected chi connectivity index (χ3v) is 3.22. The van der Waals surface area contributed by atoms with Crippen molar-refractivity contribution in [1.82, 2.24) is 4.90 Å². The first kappa shape index (κ1) is 8.06. The van der Waals surface area contributed by atoms with Crippen LogP contribution in [0.3, 0.4) is 0 Å². The summed E-state index contributed by atoms with van der Waals surface area (Å²) in [5.41, 5.74) is 1.35. The molecule has 0 spiro atoms. The van der Waals surface area contributed by atoms with Gasteiger partial charge in [0.25, 0.3) is 0 Å². The minimum atomic E-state index is 0.721. The molecule has 0 radical (unpaired) electrons. The van der Waals surface area contributed by atoms with E-state index < -0.39 is 0 Å². The minimum absolute atomic E-state index is 0.721. The predicted octanol–water partition coefficient (Wildman–Crippen LogP) is 2.07. The summed E-state index contributed by atoms with van der Waals surface area (Å²) in [4.78, 5) is 2.42. The van der Waals surface area contributed by atoms with Crippen LogP contribution in [-0.4, -0.2) is 25.0 Å². The van der Waals surface area contributed by atoms with E-state index in [-0.39, 0.29) is 0 Å². The molecule has 0 aromatic rings. The van der Waals surface area contributed by atoms with Crippen LogP contribution in [0.1, 0.15) is 12.8 Å². The topological polar surface area (TPSA) is 3.24 Å². The van der Waals surface area contributed by atoms with Crippen molar-refractivity contribution in [2.45, 2.75) is 12.8 Å². The highest BCUT2D eigenvalue weighted by Gasteiger charge is 2.27. The molecular formula is C11H17N. The fraction of sp³-hybridized carbons (Fsp3) is 0.636. The van der Waals surface area contributed by atoms with E-state index in [0.717, 1.165) is 11.8 Å². The van der Waals surface area contributed by atoms with Gasteiger partial charge in [0.2, 0.25) is 0 Å². The molecule has 12 heavy (non-hydrogen) atoms. The first-order valence-electron chi connectivity index (χ1n) is 4.83. The highest BCUT2D eigenvalue weighted by atomic mass is 15.1. The molecule has 2 rings (SSSR count). The predicted molar refractivity (Wildman–Crippen MR) is 52.0 cm³/mol. The highest BCUT2D eigenvalue weighted by Crippen LogP contribution is 2.35. The molecule has 0 aromatic heterocycles. The maximum absolute atomic E-state index is 4.04. The zero-order valence-electron chi connectivity index (χ0n) is 7.79. The van der Waals surface area contributed by atoms with Gasteiger partial charge in [0.05, 0.1) is 0 Å². The van der Waals surface area contributed by atoms with Gasteiger partial charge in [-0.2, -0.15) is 0 Å². The zero-order valence-corrected chi connectivity index (χ0v) is 7.79. The van der Waals surface area contributed by atoms with Crippen molar-refractivity contribution in [3.05, 3.63) is 24.3 Å². The summed E-state index contributed by atoms with van der Waals surface area (Å²) >= 11 is 0. The fourth-order valence-electron chi connectivity index (χ4n) is 2.19. The molecule has 1 aliphatic heterocycles. The number of hydrogen-bond acceptors (Lipinski definition) is 1. The van der Waals surface area contributed by atoms with Crippen LogP contribution in [0, 0.1) is 11.8 Å². The van der Waals surface area contributed by atoms with Gasteiger partial charge < -0.3 is 4.90 Å². The van der Waals surface area contributed by atoms with E-state index >= 15 is 0 Å². The summed E-state index contributed by atoms with van der Waals surface area (Å²) in [6.07, 6.45) is 7.18. The van der Waals surface area contributed by atoms with E-state index in [1.54, 1.807) is 0 Å². The summed E-state index contributed by atoms with van der Waals surface area (Å²) in [5.74, 6) is 1.61. The second-order valence-corrected chi connectivity index (χ2v) is 4.10. The van der Waals surface area contributed by atoms with Crippen molar-refractivity contribution in [2.75, 3.05) is 20.1 Å². The summed E-state index contributed by atoms with van der Waals surface area (Å²) in [6, 6.07) is 0. The largest absolute Gasteiger partial charge is 0.306 e. The molecule has 0 saturated carbocycles. The van der Waals surface area contributed by atoms with Crippen LogP contribution >= 0.6 is 0 Å². The maximum atomic E-state index is 4.04. The second-order valence-electron chi connectivity index (χ2n) is 4.10. The van der Waals surface area contributed by atoms with E-state index in [2.05, 4.69) is 30.7 Å². The van der Waals surface area contributed by atoms with Gasteiger partial charge in [-0.15, -0.1) is 0 Å². The third kappa shape index (κ3) is 1.34. The molecule has 1 unspecified atom stereocenters. The number of rotatable bonds is 1. The Morgan fingerprint density at radius 3 is 2.50 bits per heavy atom. The van der Waals surface area contributed by atoms with Crippen LogP contribution in [0.15, 0.2) is 24.3 Å². The molecule has 0 aromatic carbocycles. The molecule has 2 aliphatic rings.